The molecule has 0 radical (unpaired) electrons. The van der Waals surface area contributed by atoms with E-state index >= 15 is 0 Å². The minimum atomic E-state index is -0.0169. The van der Waals surface area contributed by atoms with Crippen LogP contribution in [-0.2, 0) is 13.6 Å². The molecule has 1 aliphatic rings. The first-order valence-corrected chi connectivity index (χ1v) is 9.19. The predicted octanol–water partition coefficient (Wildman–Crippen LogP) is 1.78. The highest BCUT2D eigenvalue weighted by atomic mass is 16.2. The largest absolute Gasteiger partial charge is 0.337 e. The van der Waals surface area contributed by atoms with E-state index in [9.17, 15) is 4.79 Å². The van der Waals surface area contributed by atoms with Crippen LogP contribution in [0.25, 0.3) is 0 Å². The van der Waals surface area contributed by atoms with Crippen LogP contribution in [0.5, 0.6) is 0 Å². The smallest absolute Gasteiger partial charge is 0.272 e. The highest BCUT2D eigenvalue weighted by Gasteiger charge is 2.29. The molecule has 0 spiro atoms. The summed E-state index contributed by atoms with van der Waals surface area (Å²) in [7, 11) is 2.00. The van der Waals surface area contributed by atoms with Crippen molar-refractivity contribution >= 4 is 5.91 Å². The third kappa shape index (κ3) is 3.47. The van der Waals surface area contributed by atoms with Crippen LogP contribution in [0.1, 0.15) is 46.7 Å². The molecule has 8 heteroatoms. The Hall–Kier alpha value is -3.03. The Morgan fingerprint density at radius 1 is 1.22 bits per heavy atom. The van der Waals surface area contributed by atoms with Gasteiger partial charge >= 0.3 is 0 Å². The van der Waals surface area contributed by atoms with Crippen molar-refractivity contribution in [3.05, 3.63) is 60.0 Å². The molecular weight excluding hydrogens is 342 g/mol. The van der Waals surface area contributed by atoms with E-state index in [2.05, 4.69) is 24.7 Å². The number of amides is 1. The van der Waals surface area contributed by atoms with Crippen LogP contribution in [0.15, 0.2) is 36.8 Å². The molecule has 1 saturated heterocycles. The first-order valence-electron chi connectivity index (χ1n) is 9.19. The van der Waals surface area contributed by atoms with Gasteiger partial charge in [-0.25, -0.2) is 4.98 Å². The fourth-order valence-corrected chi connectivity index (χ4v) is 3.62. The number of hydrogen-bond donors (Lipinski definition) is 0. The van der Waals surface area contributed by atoms with E-state index in [1.54, 1.807) is 18.5 Å². The van der Waals surface area contributed by atoms with Crippen molar-refractivity contribution in [2.24, 2.45) is 7.05 Å². The summed E-state index contributed by atoms with van der Waals surface area (Å²) in [5.41, 5.74) is 0.493. The number of hydrogen-bond acceptors (Lipinski definition) is 5. The molecule has 1 atom stereocenters. The second-order valence-corrected chi connectivity index (χ2v) is 6.94. The van der Waals surface area contributed by atoms with Crippen LogP contribution in [0.2, 0.25) is 0 Å². The van der Waals surface area contributed by atoms with Gasteiger partial charge in [-0.05, 0) is 31.9 Å². The van der Waals surface area contributed by atoms with Crippen molar-refractivity contribution in [3.63, 3.8) is 0 Å². The Morgan fingerprint density at radius 3 is 2.85 bits per heavy atom. The Bertz CT molecular complexity index is 931. The lowest BCUT2D eigenvalue weighted by atomic mass is 9.97. The van der Waals surface area contributed by atoms with Gasteiger partial charge in [-0.15, -0.1) is 10.2 Å². The molecule has 4 rings (SSSR count). The Balaban J connectivity index is 1.50. The molecule has 1 fully saturated rings. The van der Waals surface area contributed by atoms with E-state index in [4.69, 9.17) is 0 Å². The lowest BCUT2D eigenvalue weighted by Gasteiger charge is -2.32. The van der Waals surface area contributed by atoms with Crippen LogP contribution in [0.3, 0.4) is 0 Å². The minimum Gasteiger partial charge on any atom is -0.337 e. The molecule has 27 heavy (non-hydrogen) atoms. The van der Waals surface area contributed by atoms with E-state index in [0.717, 1.165) is 36.9 Å². The SMILES string of the molecule is Cc1nccn1Cc1nnc(C2CCCN(C(=O)c3ccccn3)C2)n1C. The molecule has 1 amide bonds. The van der Waals surface area contributed by atoms with Crippen molar-refractivity contribution < 1.29 is 4.79 Å². The fourth-order valence-electron chi connectivity index (χ4n) is 3.62. The third-order valence-corrected chi connectivity index (χ3v) is 5.19. The molecule has 0 aliphatic carbocycles. The first kappa shape index (κ1) is 17.4. The van der Waals surface area contributed by atoms with Gasteiger partial charge in [0, 0.05) is 44.6 Å². The number of imidazole rings is 1. The maximum Gasteiger partial charge on any atom is 0.272 e. The summed E-state index contributed by atoms with van der Waals surface area (Å²) in [5.74, 6) is 2.93. The van der Waals surface area contributed by atoms with Gasteiger partial charge in [-0.3, -0.25) is 9.78 Å². The number of aromatic nitrogens is 6. The Kier molecular flexibility index (Phi) is 4.70. The number of carbonyl (C=O) groups excluding carboxylic acids is 1. The molecule has 0 aromatic carbocycles. The van der Waals surface area contributed by atoms with Gasteiger partial charge in [0.1, 0.15) is 17.3 Å². The summed E-state index contributed by atoms with van der Waals surface area (Å²) in [6.07, 6.45) is 7.34. The highest BCUT2D eigenvalue weighted by molar-refractivity contribution is 5.92. The molecule has 0 bridgehead atoms. The van der Waals surface area contributed by atoms with Crippen molar-refractivity contribution in [1.82, 2.24) is 34.2 Å². The summed E-state index contributed by atoms with van der Waals surface area (Å²) in [4.78, 5) is 23.0. The quantitative estimate of drug-likeness (QED) is 0.704. The van der Waals surface area contributed by atoms with Gasteiger partial charge < -0.3 is 14.0 Å². The minimum absolute atomic E-state index is 0.0169. The average Bonchev–Trinajstić information content (AvgIpc) is 3.28. The van der Waals surface area contributed by atoms with Crippen LogP contribution in [0.4, 0.5) is 0 Å². The second kappa shape index (κ2) is 7.30. The zero-order chi connectivity index (χ0) is 18.8. The normalized spacial score (nSPS) is 17.3. The van der Waals surface area contributed by atoms with Gasteiger partial charge in [0.15, 0.2) is 5.82 Å². The van der Waals surface area contributed by atoms with Crippen molar-refractivity contribution in [2.45, 2.75) is 32.2 Å². The van der Waals surface area contributed by atoms with Gasteiger partial charge in [-0.1, -0.05) is 6.07 Å². The van der Waals surface area contributed by atoms with E-state index < -0.39 is 0 Å². The third-order valence-electron chi connectivity index (χ3n) is 5.19. The number of carbonyl (C=O) groups is 1. The summed E-state index contributed by atoms with van der Waals surface area (Å²) in [5, 5.41) is 8.83. The summed E-state index contributed by atoms with van der Waals surface area (Å²) >= 11 is 0. The molecule has 0 saturated carbocycles. The summed E-state index contributed by atoms with van der Waals surface area (Å²) in [6.45, 7) is 4.01. The van der Waals surface area contributed by atoms with Crippen LogP contribution in [-0.4, -0.2) is 53.2 Å². The van der Waals surface area contributed by atoms with Gasteiger partial charge in [0.25, 0.3) is 5.91 Å². The number of aryl methyl sites for hydroxylation is 1. The standard InChI is InChI=1S/C19H23N7O/c1-14-20-9-11-25(14)13-17-22-23-18(24(17)2)15-6-5-10-26(12-15)19(27)16-7-3-4-8-21-16/h3-4,7-9,11,15H,5-6,10,12-13H2,1-2H3. The van der Waals surface area contributed by atoms with E-state index in [-0.39, 0.29) is 11.8 Å². The number of likely N-dealkylation sites (tertiary alicyclic amines) is 1. The Morgan fingerprint density at radius 2 is 2.11 bits per heavy atom. The molecule has 3 aromatic rings. The van der Waals surface area contributed by atoms with E-state index in [1.165, 1.54) is 0 Å². The maximum absolute atomic E-state index is 12.7. The lowest BCUT2D eigenvalue weighted by Crippen LogP contribution is -2.40. The fraction of sp³-hybridized carbons (Fsp3) is 0.421. The first-order chi connectivity index (χ1) is 13.1. The van der Waals surface area contributed by atoms with Crippen LogP contribution >= 0.6 is 0 Å². The monoisotopic (exact) mass is 365 g/mol. The van der Waals surface area contributed by atoms with Crippen molar-refractivity contribution in [3.8, 4) is 0 Å². The number of piperidine rings is 1. The second-order valence-electron chi connectivity index (χ2n) is 6.94. The van der Waals surface area contributed by atoms with Gasteiger partial charge in [0.2, 0.25) is 0 Å². The predicted molar refractivity (Wildman–Crippen MR) is 99.2 cm³/mol. The molecule has 0 N–H and O–H groups in total. The highest BCUT2D eigenvalue weighted by Crippen LogP contribution is 2.26. The molecule has 1 unspecified atom stereocenters. The topological polar surface area (TPSA) is 81.7 Å². The average molecular weight is 365 g/mol. The molecule has 140 valence electrons. The number of rotatable bonds is 4. The summed E-state index contributed by atoms with van der Waals surface area (Å²) < 4.78 is 4.10. The van der Waals surface area contributed by atoms with Crippen molar-refractivity contribution in [2.75, 3.05) is 13.1 Å². The van der Waals surface area contributed by atoms with Gasteiger partial charge in [-0.2, -0.15) is 0 Å². The number of nitrogens with zero attached hydrogens (tertiary/aromatic N) is 7. The molecule has 8 nitrogen and oxygen atoms in total. The zero-order valence-electron chi connectivity index (χ0n) is 15.6. The van der Waals surface area contributed by atoms with Crippen LogP contribution < -0.4 is 0 Å². The van der Waals surface area contributed by atoms with Gasteiger partial charge in [0.05, 0.1) is 6.54 Å². The van der Waals surface area contributed by atoms with Crippen LogP contribution in [0, 0.1) is 6.92 Å². The molecule has 4 heterocycles. The Labute approximate surface area is 157 Å². The molecule has 1 aliphatic heterocycles. The molecule has 3 aromatic heterocycles. The van der Waals surface area contributed by atoms with E-state index in [1.807, 2.05) is 41.8 Å². The van der Waals surface area contributed by atoms with E-state index in [0.29, 0.717) is 18.8 Å². The molecular formula is C19H23N7O. The zero-order valence-corrected chi connectivity index (χ0v) is 15.6. The van der Waals surface area contributed by atoms with Crippen molar-refractivity contribution in [1.29, 1.82) is 0 Å². The maximum atomic E-state index is 12.7. The summed E-state index contributed by atoms with van der Waals surface area (Å²) in [6, 6.07) is 5.42. The number of pyridine rings is 1. The lowest BCUT2D eigenvalue weighted by molar-refractivity contribution is 0.0697.